The molecular weight excluding hydrogens is 396 g/mol. The minimum atomic E-state index is -0.415. The van der Waals surface area contributed by atoms with Crippen molar-refractivity contribution in [1.29, 1.82) is 0 Å². The summed E-state index contributed by atoms with van der Waals surface area (Å²) in [6, 6.07) is 17.8. The Morgan fingerprint density at radius 3 is 2.65 bits per heavy atom. The molecule has 1 fully saturated rings. The van der Waals surface area contributed by atoms with E-state index in [0.717, 1.165) is 36.5 Å². The summed E-state index contributed by atoms with van der Waals surface area (Å²) in [7, 11) is 0. The van der Waals surface area contributed by atoms with Gasteiger partial charge in [-0.3, -0.25) is 14.9 Å². The lowest BCUT2D eigenvalue weighted by Gasteiger charge is -2.39. The van der Waals surface area contributed by atoms with Crippen molar-refractivity contribution in [2.45, 2.75) is 25.1 Å². The van der Waals surface area contributed by atoms with Crippen LogP contribution in [0.1, 0.15) is 35.1 Å². The molecule has 31 heavy (non-hydrogen) atoms. The first kappa shape index (κ1) is 19.3. The second kappa shape index (κ2) is 7.88. The lowest BCUT2D eigenvalue weighted by atomic mass is 10.0. The summed E-state index contributed by atoms with van der Waals surface area (Å²) in [5.74, 6) is -0.0358. The number of fused-ring (bicyclic) bond motifs is 1. The fourth-order valence-electron chi connectivity index (χ4n) is 4.31. The maximum absolute atomic E-state index is 13.4. The molecule has 8 heteroatoms. The third kappa shape index (κ3) is 3.55. The molecule has 0 aliphatic carbocycles. The molecule has 1 amide bonds. The van der Waals surface area contributed by atoms with Crippen LogP contribution >= 0.6 is 0 Å². The van der Waals surface area contributed by atoms with E-state index < -0.39 is 11.1 Å². The molecule has 2 unspecified atom stereocenters. The zero-order valence-electron chi connectivity index (χ0n) is 16.8. The van der Waals surface area contributed by atoms with Crippen molar-refractivity contribution in [3.8, 4) is 5.69 Å². The molecule has 1 saturated heterocycles. The first-order chi connectivity index (χ1) is 15.1. The Morgan fingerprint density at radius 1 is 1.10 bits per heavy atom. The van der Waals surface area contributed by atoms with Gasteiger partial charge >= 0.3 is 0 Å². The Balaban J connectivity index is 1.53. The van der Waals surface area contributed by atoms with Crippen LogP contribution in [-0.4, -0.2) is 39.6 Å². The van der Waals surface area contributed by atoms with Gasteiger partial charge in [0.2, 0.25) is 0 Å². The SMILES string of the molecule is O=C1c2ccccc2NC(c2cccn2-c2ccc([N+](=O)[O-])cc2)N1CC1CCCO1. The van der Waals surface area contributed by atoms with Gasteiger partial charge in [0.05, 0.1) is 22.3 Å². The topological polar surface area (TPSA) is 89.6 Å². The van der Waals surface area contributed by atoms with Crippen molar-refractivity contribution in [3.05, 3.63) is 88.2 Å². The van der Waals surface area contributed by atoms with E-state index in [1.165, 1.54) is 12.1 Å². The molecule has 1 N–H and O–H groups in total. The van der Waals surface area contributed by atoms with Crippen molar-refractivity contribution < 1.29 is 14.5 Å². The summed E-state index contributed by atoms with van der Waals surface area (Å²) in [6.45, 7) is 1.22. The lowest BCUT2D eigenvalue weighted by molar-refractivity contribution is -0.384. The number of hydrogen-bond donors (Lipinski definition) is 1. The predicted molar refractivity (Wildman–Crippen MR) is 115 cm³/mol. The highest BCUT2D eigenvalue weighted by Crippen LogP contribution is 2.35. The molecule has 5 rings (SSSR count). The molecule has 0 spiro atoms. The summed E-state index contributed by atoms with van der Waals surface area (Å²) in [5.41, 5.74) is 3.13. The number of carbonyl (C=O) groups excluding carboxylic acids is 1. The lowest BCUT2D eigenvalue weighted by Crippen LogP contribution is -2.46. The largest absolute Gasteiger partial charge is 0.376 e. The smallest absolute Gasteiger partial charge is 0.269 e. The highest BCUT2D eigenvalue weighted by atomic mass is 16.6. The molecule has 2 aliphatic rings. The molecule has 0 bridgehead atoms. The minimum Gasteiger partial charge on any atom is -0.376 e. The Morgan fingerprint density at radius 2 is 1.90 bits per heavy atom. The quantitative estimate of drug-likeness (QED) is 0.497. The number of benzene rings is 2. The third-order valence-electron chi connectivity index (χ3n) is 5.85. The first-order valence-electron chi connectivity index (χ1n) is 10.3. The molecule has 2 atom stereocenters. The van der Waals surface area contributed by atoms with Gasteiger partial charge in [0.1, 0.15) is 6.17 Å². The summed E-state index contributed by atoms with van der Waals surface area (Å²) in [4.78, 5) is 25.8. The molecule has 0 saturated carbocycles. The fourth-order valence-corrected chi connectivity index (χ4v) is 4.31. The van der Waals surface area contributed by atoms with Crippen molar-refractivity contribution in [3.63, 3.8) is 0 Å². The third-order valence-corrected chi connectivity index (χ3v) is 5.85. The minimum absolute atomic E-state index is 0.0151. The van der Waals surface area contributed by atoms with E-state index in [1.807, 2.05) is 52.1 Å². The maximum Gasteiger partial charge on any atom is 0.269 e. The summed E-state index contributed by atoms with van der Waals surface area (Å²) >= 11 is 0. The highest BCUT2D eigenvalue weighted by molar-refractivity contribution is 6.01. The van der Waals surface area contributed by atoms with Gasteiger partial charge in [-0.2, -0.15) is 0 Å². The number of nitrogens with one attached hydrogen (secondary N) is 1. The van der Waals surface area contributed by atoms with E-state index in [2.05, 4.69) is 5.32 Å². The first-order valence-corrected chi connectivity index (χ1v) is 10.3. The number of hydrogen-bond acceptors (Lipinski definition) is 5. The van der Waals surface area contributed by atoms with Crippen LogP contribution in [0.15, 0.2) is 66.9 Å². The van der Waals surface area contributed by atoms with Gasteiger partial charge in [-0.05, 0) is 49.2 Å². The Bertz CT molecular complexity index is 1120. The molecule has 158 valence electrons. The molecule has 3 aromatic rings. The van der Waals surface area contributed by atoms with E-state index in [1.54, 1.807) is 12.1 Å². The number of para-hydroxylation sites is 1. The van der Waals surface area contributed by atoms with Crippen molar-refractivity contribution >= 4 is 17.3 Å². The molecular formula is C23H22N4O4. The second-order valence-corrected chi connectivity index (χ2v) is 7.76. The van der Waals surface area contributed by atoms with Crippen LogP contribution in [0.3, 0.4) is 0 Å². The number of non-ortho nitro benzene ring substituents is 1. The number of aromatic nitrogens is 1. The summed E-state index contributed by atoms with van der Waals surface area (Å²) < 4.78 is 7.77. The monoisotopic (exact) mass is 418 g/mol. The normalized spacial score (nSPS) is 20.4. The van der Waals surface area contributed by atoms with Crippen LogP contribution in [0.4, 0.5) is 11.4 Å². The van der Waals surface area contributed by atoms with Gasteiger partial charge in [0.25, 0.3) is 11.6 Å². The van der Waals surface area contributed by atoms with Crippen LogP contribution in [0.5, 0.6) is 0 Å². The summed E-state index contributed by atoms with van der Waals surface area (Å²) in [5, 5.41) is 14.5. The second-order valence-electron chi connectivity index (χ2n) is 7.76. The van der Waals surface area contributed by atoms with Gasteiger partial charge in [0, 0.05) is 42.9 Å². The molecule has 8 nitrogen and oxygen atoms in total. The standard InChI is InChI=1S/C23H22N4O4/c28-23-19-6-1-2-7-20(19)24-22(26(23)15-18-5-4-14-31-18)21-8-3-13-25(21)16-9-11-17(12-10-16)27(29)30/h1-3,6-13,18,22,24H,4-5,14-15H2. The van der Waals surface area contributed by atoms with E-state index in [9.17, 15) is 14.9 Å². The molecule has 3 heterocycles. The van der Waals surface area contributed by atoms with E-state index in [0.29, 0.717) is 12.1 Å². The molecule has 2 aliphatic heterocycles. The highest BCUT2D eigenvalue weighted by Gasteiger charge is 2.36. The number of anilines is 1. The summed E-state index contributed by atoms with van der Waals surface area (Å²) in [6.07, 6.45) is 3.45. The molecule has 1 aromatic heterocycles. The van der Waals surface area contributed by atoms with Gasteiger partial charge in [-0.25, -0.2) is 0 Å². The zero-order valence-corrected chi connectivity index (χ0v) is 16.8. The van der Waals surface area contributed by atoms with Crippen LogP contribution < -0.4 is 5.32 Å². The van der Waals surface area contributed by atoms with Crippen LogP contribution in [0, 0.1) is 10.1 Å². The van der Waals surface area contributed by atoms with Gasteiger partial charge in [0.15, 0.2) is 0 Å². The molecule has 2 aromatic carbocycles. The number of rotatable bonds is 5. The van der Waals surface area contributed by atoms with E-state index >= 15 is 0 Å². The Kier molecular flexibility index (Phi) is 4.91. The number of nitro groups is 1. The maximum atomic E-state index is 13.4. The number of nitrogens with zero attached hydrogens (tertiary/aromatic N) is 3. The number of nitro benzene ring substituents is 1. The number of amides is 1. The van der Waals surface area contributed by atoms with Gasteiger partial charge in [-0.1, -0.05) is 12.1 Å². The predicted octanol–water partition coefficient (Wildman–Crippen LogP) is 4.13. The average Bonchev–Trinajstić information content (AvgIpc) is 3.48. The van der Waals surface area contributed by atoms with Gasteiger partial charge in [-0.15, -0.1) is 0 Å². The average molecular weight is 418 g/mol. The number of carbonyl (C=O) groups is 1. The van der Waals surface area contributed by atoms with E-state index in [4.69, 9.17) is 4.74 Å². The van der Waals surface area contributed by atoms with Crippen LogP contribution in [0.25, 0.3) is 5.69 Å². The van der Waals surface area contributed by atoms with Gasteiger partial charge < -0.3 is 19.5 Å². The van der Waals surface area contributed by atoms with E-state index in [-0.39, 0.29) is 17.7 Å². The number of ether oxygens (including phenoxy) is 1. The fraction of sp³-hybridized carbons (Fsp3) is 0.261. The Hall–Kier alpha value is -3.65. The Labute approximate surface area is 179 Å². The van der Waals surface area contributed by atoms with Crippen LogP contribution in [-0.2, 0) is 4.74 Å². The van der Waals surface area contributed by atoms with Crippen molar-refractivity contribution in [1.82, 2.24) is 9.47 Å². The molecule has 0 radical (unpaired) electrons. The van der Waals surface area contributed by atoms with Crippen molar-refractivity contribution in [2.24, 2.45) is 0 Å². The van der Waals surface area contributed by atoms with Crippen LogP contribution in [0.2, 0.25) is 0 Å². The zero-order chi connectivity index (χ0) is 21.4. The van der Waals surface area contributed by atoms with Crippen molar-refractivity contribution in [2.75, 3.05) is 18.5 Å².